The third kappa shape index (κ3) is 5.16. The molecule has 1 aliphatic rings. The minimum absolute atomic E-state index is 0.0675. The van der Waals surface area contributed by atoms with Crippen molar-refractivity contribution in [2.75, 3.05) is 25.0 Å². The molecule has 1 heterocycles. The van der Waals surface area contributed by atoms with Crippen LogP contribution in [0.3, 0.4) is 0 Å². The van der Waals surface area contributed by atoms with Gasteiger partial charge in [0.05, 0.1) is 16.2 Å². The fourth-order valence-corrected chi connectivity index (χ4v) is 3.66. The predicted octanol–water partition coefficient (Wildman–Crippen LogP) is 3.97. The molecule has 0 aromatic heterocycles. The van der Waals surface area contributed by atoms with Crippen molar-refractivity contribution in [3.8, 4) is 0 Å². The van der Waals surface area contributed by atoms with Crippen molar-refractivity contribution >= 4 is 17.3 Å². The molecule has 0 radical (unpaired) electrons. The van der Waals surface area contributed by atoms with E-state index in [2.05, 4.69) is 42.1 Å². The van der Waals surface area contributed by atoms with E-state index in [0.29, 0.717) is 18.2 Å². The molecule has 1 saturated heterocycles. The Balaban J connectivity index is 1.80. The van der Waals surface area contributed by atoms with Crippen LogP contribution in [0.2, 0.25) is 0 Å². The third-order valence-electron chi connectivity index (χ3n) is 5.74. The minimum Gasteiger partial charge on any atom is -0.371 e. The average molecular weight is 411 g/mol. The molecule has 1 N–H and O–H groups in total. The first-order valence-electron chi connectivity index (χ1n) is 10.5. The number of nitrogens with zero attached hydrogens (tertiary/aromatic N) is 3. The van der Waals surface area contributed by atoms with Crippen LogP contribution in [-0.2, 0) is 13.1 Å². The van der Waals surface area contributed by atoms with Crippen LogP contribution >= 0.6 is 0 Å². The Kier molecular flexibility index (Phi) is 7.05. The summed E-state index contributed by atoms with van der Waals surface area (Å²) in [6.07, 6.45) is 2.13. The van der Waals surface area contributed by atoms with Crippen molar-refractivity contribution in [3.05, 3.63) is 69.3 Å². The summed E-state index contributed by atoms with van der Waals surface area (Å²) in [5, 5.41) is 14.2. The zero-order valence-corrected chi connectivity index (χ0v) is 17.9. The smallest absolute Gasteiger partial charge is 0.270 e. The number of hydrogen-bond acceptors (Lipinski definition) is 5. The Hall–Kier alpha value is -2.93. The second-order valence-corrected chi connectivity index (χ2v) is 8.11. The lowest BCUT2D eigenvalue weighted by molar-refractivity contribution is -0.384. The van der Waals surface area contributed by atoms with E-state index < -0.39 is 4.92 Å². The number of rotatable bonds is 8. The molecule has 0 unspecified atom stereocenters. The summed E-state index contributed by atoms with van der Waals surface area (Å²) >= 11 is 0. The number of nitrogens with one attached hydrogen (secondary N) is 1. The van der Waals surface area contributed by atoms with Gasteiger partial charge in [-0.1, -0.05) is 24.3 Å². The van der Waals surface area contributed by atoms with Gasteiger partial charge >= 0.3 is 0 Å². The molecular formula is C23H30N4O3. The van der Waals surface area contributed by atoms with Gasteiger partial charge in [0.1, 0.15) is 0 Å². The lowest BCUT2D eigenvalue weighted by Crippen LogP contribution is -2.29. The normalized spacial score (nSPS) is 13.8. The van der Waals surface area contributed by atoms with Gasteiger partial charge in [0.25, 0.3) is 11.6 Å². The van der Waals surface area contributed by atoms with Crippen molar-refractivity contribution in [1.82, 2.24) is 10.2 Å². The van der Waals surface area contributed by atoms with Gasteiger partial charge in [0.2, 0.25) is 0 Å². The molecule has 0 atom stereocenters. The van der Waals surface area contributed by atoms with Crippen molar-refractivity contribution in [3.63, 3.8) is 0 Å². The van der Waals surface area contributed by atoms with E-state index in [-0.39, 0.29) is 11.6 Å². The van der Waals surface area contributed by atoms with Crippen LogP contribution in [0.1, 0.15) is 48.2 Å². The number of hydrogen-bond donors (Lipinski definition) is 1. The summed E-state index contributed by atoms with van der Waals surface area (Å²) in [7, 11) is 2.07. The van der Waals surface area contributed by atoms with Crippen LogP contribution in [0.5, 0.6) is 0 Å². The molecule has 0 spiro atoms. The Labute approximate surface area is 177 Å². The van der Waals surface area contributed by atoms with Crippen LogP contribution < -0.4 is 10.2 Å². The van der Waals surface area contributed by atoms with E-state index >= 15 is 0 Å². The summed E-state index contributed by atoms with van der Waals surface area (Å²) in [5.41, 5.74) is 3.27. The number of nitro groups is 1. The molecule has 1 fully saturated rings. The summed E-state index contributed by atoms with van der Waals surface area (Å²) in [5.74, 6) is -0.285. The molecule has 7 nitrogen and oxygen atoms in total. The van der Waals surface area contributed by atoms with Crippen molar-refractivity contribution < 1.29 is 9.72 Å². The highest BCUT2D eigenvalue weighted by Crippen LogP contribution is 2.28. The minimum atomic E-state index is -0.457. The lowest BCUT2D eigenvalue weighted by Gasteiger charge is -2.23. The van der Waals surface area contributed by atoms with Crippen LogP contribution in [0, 0.1) is 10.1 Å². The highest BCUT2D eigenvalue weighted by atomic mass is 16.6. The zero-order valence-electron chi connectivity index (χ0n) is 17.9. The third-order valence-corrected chi connectivity index (χ3v) is 5.74. The van der Waals surface area contributed by atoms with E-state index in [4.69, 9.17) is 0 Å². The number of carbonyl (C=O) groups excluding carboxylic acids is 1. The summed E-state index contributed by atoms with van der Waals surface area (Å²) < 4.78 is 0. The van der Waals surface area contributed by atoms with E-state index in [1.54, 1.807) is 6.07 Å². The molecule has 30 heavy (non-hydrogen) atoms. The first-order valence-corrected chi connectivity index (χ1v) is 10.5. The van der Waals surface area contributed by atoms with Crippen LogP contribution in [0.15, 0.2) is 42.5 Å². The predicted molar refractivity (Wildman–Crippen MR) is 119 cm³/mol. The molecule has 7 heteroatoms. The Morgan fingerprint density at radius 2 is 1.83 bits per heavy atom. The molecule has 2 aromatic carbocycles. The largest absolute Gasteiger partial charge is 0.371 e. The molecule has 1 amide bonds. The number of amides is 1. The van der Waals surface area contributed by atoms with Crippen LogP contribution in [-0.4, -0.2) is 41.9 Å². The van der Waals surface area contributed by atoms with E-state index in [0.717, 1.165) is 49.3 Å². The number of non-ortho nitro benzene ring substituents is 1. The monoisotopic (exact) mass is 410 g/mol. The molecule has 160 valence electrons. The van der Waals surface area contributed by atoms with E-state index in [1.165, 1.54) is 12.1 Å². The van der Waals surface area contributed by atoms with Gasteiger partial charge in [-0.15, -0.1) is 0 Å². The molecule has 3 rings (SSSR count). The lowest BCUT2D eigenvalue weighted by atomic mass is 10.1. The van der Waals surface area contributed by atoms with Crippen LogP contribution in [0.25, 0.3) is 0 Å². The molecule has 1 aliphatic heterocycles. The average Bonchev–Trinajstić information content (AvgIpc) is 3.27. The van der Waals surface area contributed by atoms with Gasteiger partial charge in [-0.2, -0.15) is 0 Å². The Bertz CT molecular complexity index is 907. The van der Waals surface area contributed by atoms with Crippen molar-refractivity contribution in [1.29, 1.82) is 0 Å². The SMILES string of the molecule is CC(C)N(C)Cc1ccccc1CNC(=O)c1cc([N+](=O)[O-])ccc1N1CCCC1. The highest BCUT2D eigenvalue weighted by molar-refractivity contribution is 6.00. The highest BCUT2D eigenvalue weighted by Gasteiger charge is 2.22. The molecule has 0 aliphatic carbocycles. The second-order valence-electron chi connectivity index (χ2n) is 8.11. The van der Waals surface area contributed by atoms with Gasteiger partial charge in [-0.25, -0.2) is 0 Å². The summed E-state index contributed by atoms with van der Waals surface area (Å²) in [4.78, 5) is 28.2. The van der Waals surface area contributed by atoms with E-state index in [9.17, 15) is 14.9 Å². The quantitative estimate of drug-likeness (QED) is 0.526. The number of nitro benzene ring substituents is 1. The molecule has 0 bridgehead atoms. The van der Waals surface area contributed by atoms with Gasteiger partial charge in [0.15, 0.2) is 0 Å². The number of carbonyl (C=O) groups is 1. The maximum absolute atomic E-state index is 13.0. The molecule has 2 aromatic rings. The van der Waals surface area contributed by atoms with E-state index in [1.807, 2.05) is 18.2 Å². The van der Waals surface area contributed by atoms with Gasteiger partial charge in [0, 0.05) is 44.4 Å². The van der Waals surface area contributed by atoms with Gasteiger partial charge < -0.3 is 10.2 Å². The first kappa shape index (κ1) is 21.8. The molecule has 0 saturated carbocycles. The topological polar surface area (TPSA) is 78.7 Å². The van der Waals surface area contributed by atoms with Crippen LogP contribution in [0.4, 0.5) is 11.4 Å². The fourth-order valence-electron chi connectivity index (χ4n) is 3.66. The molecular weight excluding hydrogens is 380 g/mol. The maximum Gasteiger partial charge on any atom is 0.270 e. The van der Waals surface area contributed by atoms with Crippen molar-refractivity contribution in [2.45, 2.75) is 45.8 Å². The fraction of sp³-hybridized carbons (Fsp3) is 0.435. The Morgan fingerprint density at radius 3 is 2.47 bits per heavy atom. The standard InChI is InChI=1S/C23H30N4O3/c1-17(2)25(3)16-19-9-5-4-8-18(19)15-24-23(28)21-14-20(27(29)30)10-11-22(21)26-12-6-7-13-26/h4-5,8-11,14,17H,6-7,12-13,15-16H2,1-3H3,(H,24,28). The zero-order chi connectivity index (χ0) is 21.7. The van der Waals surface area contributed by atoms with Crippen molar-refractivity contribution in [2.24, 2.45) is 0 Å². The second kappa shape index (κ2) is 9.71. The number of anilines is 1. The Morgan fingerprint density at radius 1 is 1.17 bits per heavy atom. The first-order chi connectivity index (χ1) is 14.4. The van der Waals surface area contributed by atoms with Gasteiger partial charge in [-0.3, -0.25) is 19.8 Å². The van der Waals surface area contributed by atoms with Gasteiger partial charge in [-0.05, 0) is 50.9 Å². The summed E-state index contributed by atoms with van der Waals surface area (Å²) in [6, 6.07) is 13.0. The number of benzene rings is 2. The maximum atomic E-state index is 13.0. The summed E-state index contributed by atoms with van der Waals surface area (Å²) in [6.45, 7) is 7.19.